The number of halogens is 1. The average Bonchev–Trinajstić information content (AvgIpc) is 3.23. The second-order valence-corrected chi connectivity index (χ2v) is 9.06. The summed E-state index contributed by atoms with van der Waals surface area (Å²) in [6.45, 7) is 3.20. The molecule has 6 aromatic rings. The van der Waals surface area contributed by atoms with Crippen LogP contribution >= 0.6 is 11.3 Å². The monoisotopic (exact) mass is 439 g/mol. The molecule has 4 aromatic carbocycles. The molecule has 0 bridgehead atoms. The molecule has 3 heteroatoms. The van der Waals surface area contributed by atoms with Crippen molar-refractivity contribution < 1.29 is 9.87 Å². The molecule has 0 atom stereocenters. The number of hydrogen-bond donors (Lipinski definition) is 0. The van der Waals surface area contributed by atoms with Gasteiger partial charge in [0, 0.05) is 31.2 Å². The van der Waals surface area contributed by atoms with E-state index in [2.05, 4.69) is 48.3 Å². The van der Waals surface area contributed by atoms with Crippen LogP contribution in [0.1, 0.15) is 29.9 Å². The summed E-state index contributed by atoms with van der Waals surface area (Å²) >= 11 is 1.65. The Morgan fingerprint density at radius 3 is 2.59 bits per heavy atom. The lowest BCUT2D eigenvalue weighted by atomic mass is 9.97. The van der Waals surface area contributed by atoms with Gasteiger partial charge in [0.1, 0.15) is 5.82 Å². The van der Waals surface area contributed by atoms with Gasteiger partial charge < -0.3 is 0 Å². The maximum Gasteiger partial charge on any atom is 0.144 e. The highest BCUT2D eigenvalue weighted by molar-refractivity contribution is 7.27. The lowest BCUT2D eigenvalue weighted by Gasteiger charge is -2.09. The first-order chi connectivity index (χ1) is 17.1. The normalized spacial score (nSPS) is 14.6. The Morgan fingerprint density at radius 1 is 0.906 bits per heavy atom. The molecule has 0 saturated carbocycles. The molecule has 0 aliphatic carbocycles. The predicted molar refractivity (Wildman–Crippen MR) is 136 cm³/mol. The number of aromatic nitrogens is 1. The van der Waals surface area contributed by atoms with E-state index >= 15 is 0 Å². The van der Waals surface area contributed by atoms with Gasteiger partial charge in [-0.2, -0.15) is 0 Å². The van der Waals surface area contributed by atoms with Crippen molar-refractivity contribution in [1.82, 2.24) is 4.98 Å². The molecule has 0 radical (unpaired) electrons. The zero-order valence-electron chi connectivity index (χ0n) is 21.7. The van der Waals surface area contributed by atoms with Gasteiger partial charge in [-0.1, -0.05) is 73.5 Å². The van der Waals surface area contributed by atoms with Gasteiger partial charge in [-0.3, -0.25) is 4.98 Å². The zero-order valence-corrected chi connectivity index (χ0v) is 18.5. The average molecular weight is 440 g/mol. The smallest absolute Gasteiger partial charge is 0.144 e. The van der Waals surface area contributed by atoms with Gasteiger partial charge in [-0.05, 0) is 52.5 Å². The Balaban J connectivity index is 1.73. The molecule has 0 N–H and O–H groups in total. The molecule has 0 amide bonds. The number of benzene rings is 4. The molecule has 0 spiro atoms. The minimum absolute atomic E-state index is 0.330. The van der Waals surface area contributed by atoms with E-state index in [4.69, 9.17) is 5.48 Å². The Kier molecular flexibility index (Phi) is 3.58. The molecule has 0 unspecified atom stereocenters. The Labute approximate surface area is 195 Å². The van der Waals surface area contributed by atoms with E-state index in [0.717, 1.165) is 55.0 Å². The van der Waals surface area contributed by atoms with E-state index in [9.17, 15) is 4.39 Å². The van der Waals surface area contributed by atoms with Crippen LogP contribution in [0.3, 0.4) is 0 Å². The number of thiophene rings is 1. The highest BCUT2D eigenvalue weighted by Gasteiger charge is 2.17. The van der Waals surface area contributed by atoms with Crippen molar-refractivity contribution in [3.8, 4) is 11.3 Å². The molecular formula is C29H22FNS. The van der Waals surface area contributed by atoms with Gasteiger partial charge in [0.05, 0.1) is 11.9 Å². The van der Waals surface area contributed by atoms with Crippen LogP contribution in [0.2, 0.25) is 0 Å². The van der Waals surface area contributed by atoms with Gasteiger partial charge in [0.25, 0.3) is 0 Å². The number of pyridine rings is 1. The number of fused-ring (bicyclic) bond motifs is 7. The number of rotatable bonds is 3. The fourth-order valence-electron chi connectivity index (χ4n) is 4.54. The highest BCUT2D eigenvalue weighted by Crippen LogP contribution is 2.46. The fourth-order valence-corrected chi connectivity index (χ4v) is 5.91. The highest BCUT2D eigenvalue weighted by atomic mass is 32.1. The third-order valence-electron chi connectivity index (χ3n) is 5.99. The topological polar surface area (TPSA) is 12.9 Å². The lowest BCUT2D eigenvalue weighted by molar-refractivity contribution is 0.601. The molecule has 6 rings (SSSR count). The van der Waals surface area contributed by atoms with Gasteiger partial charge in [0.15, 0.2) is 0 Å². The molecule has 156 valence electrons. The van der Waals surface area contributed by atoms with Crippen LogP contribution in [0.4, 0.5) is 4.39 Å². The summed E-state index contributed by atoms with van der Waals surface area (Å²) in [4.78, 5) is 4.35. The summed E-state index contributed by atoms with van der Waals surface area (Å²) in [7, 11) is 0. The SMILES string of the molecule is [2H]C([2H])(C)C([2H])([2H])c1cc(-c2cc3ccccc3c3c2sc2c4ccc(C)cc4ccc23)ncc1F. The summed E-state index contributed by atoms with van der Waals surface area (Å²) in [5.41, 5.74) is 2.06. The fraction of sp³-hybridized carbons (Fsp3) is 0.138. The lowest BCUT2D eigenvalue weighted by Crippen LogP contribution is -1.94. The maximum atomic E-state index is 14.8. The van der Waals surface area contributed by atoms with Crippen molar-refractivity contribution in [2.45, 2.75) is 26.6 Å². The maximum absolute atomic E-state index is 14.8. The first-order valence-corrected chi connectivity index (χ1v) is 11.3. The van der Waals surface area contributed by atoms with E-state index < -0.39 is 18.6 Å². The quantitative estimate of drug-likeness (QED) is 0.268. The van der Waals surface area contributed by atoms with Crippen molar-refractivity contribution in [1.29, 1.82) is 0 Å². The van der Waals surface area contributed by atoms with Crippen LogP contribution in [0.25, 0.3) is 53.0 Å². The molecular weight excluding hydrogens is 413 g/mol. The number of nitrogens with zero attached hydrogens (tertiary/aromatic N) is 1. The minimum atomic E-state index is -2.53. The molecule has 32 heavy (non-hydrogen) atoms. The Bertz CT molecular complexity index is 1840. The van der Waals surface area contributed by atoms with Gasteiger partial charge in [0.2, 0.25) is 0 Å². The van der Waals surface area contributed by atoms with Crippen LogP contribution in [-0.4, -0.2) is 4.98 Å². The largest absolute Gasteiger partial charge is 0.253 e. The first kappa shape index (κ1) is 15.5. The molecule has 1 nitrogen and oxygen atoms in total. The third-order valence-corrected chi connectivity index (χ3v) is 7.26. The minimum Gasteiger partial charge on any atom is -0.253 e. The Morgan fingerprint density at radius 2 is 1.72 bits per heavy atom. The molecule has 2 aromatic heterocycles. The van der Waals surface area contributed by atoms with Crippen LogP contribution in [0.5, 0.6) is 0 Å². The number of hydrogen-bond acceptors (Lipinski definition) is 2. The van der Waals surface area contributed by atoms with Gasteiger partial charge in [-0.15, -0.1) is 11.3 Å². The summed E-state index contributed by atoms with van der Waals surface area (Å²) in [6, 6.07) is 22.2. The van der Waals surface area contributed by atoms with Crippen LogP contribution in [-0.2, 0) is 6.37 Å². The van der Waals surface area contributed by atoms with Crippen molar-refractivity contribution in [3.05, 3.63) is 89.9 Å². The van der Waals surface area contributed by atoms with E-state index in [1.165, 1.54) is 17.0 Å². The molecule has 0 fully saturated rings. The summed E-state index contributed by atoms with van der Waals surface area (Å²) in [6.07, 6.45) is -3.81. The second-order valence-electron chi connectivity index (χ2n) is 8.04. The van der Waals surface area contributed by atoms with Gasteiger partial charge >= 0.3 is 0 Å². The van der Waals surface area contributed by atoms with Crippen molar-refractivity contribution in [3.63, 3.8) is 0 Å². The third kappa shape index (κ3) is 2.92. The summed E-state index contributed by atoms with van der Waals surface area (Å²) in [5.74, 6) is -0.857. The second kappa shape index (κ2) is 7.39. The van der Waals surface area contributed by atoms with Gasteiger partial charge in [-0.25, -0.2) is 4.39 Å². The van der Waals surface area contributed by atoms with Crippen LogP contribution in [0.15, 0.2) is 72.9 Å². The molecule has 0 saturated heterocycles. The number of aryl methyl sites for hydroxylation is 2. The summed E-state index contributed by atoms with van der Waals surface area (Å²) < 4.78 is 49.5. The predicted octanol–water partition coefficient (Wildman–Crippen LogP) is 8.82. The van der Waals surface area contributed by atoms with E-state index in [-0.39, 0.29) is 5.56 Å². The van der Waals surface area contributed by atoms with Crippen molar-refractivity contribution in [2.75, 3.05) is 0 Å². The van der Waals surface area contributed by atoms with Crippen LogP contribution in [0, 0.1) is 12.7 Å². The first-order valence-electron chi connectivity index (χ1n) is 12.5. The van der Waals surface area contributed by atoms with Crippen molar-refractivity contribution >= 4 is 53.1 Å². The summed E-state index contributed by atoms with van der Waals surface area (Å²) in [5, 5.41) is 6.67. The van der Waals surface area contributed by atoms with Crippen LogP contribution < -0.4 is 0 Å². The Hall–Kier alpha value is -3.30. The molecule has 0 aliphatic heterocycles. The zero-order chi connectivity index (χ0) is 25.4. The van der Waals surface area contributed by atoms with E-state index in [1.54, 1.807) is 11.3 Å². The molecule has 2 heterocycles. The van der Waals surface area contributed by atoms with Crippen molar-refractivity contribution in [2.24, 2.45) is 0 Å². The molecule has 0 aliphatic rings. The standard InChI is InChI=1S/C29H22FNS/c1-3-6-20-15-26(31-16-25(20)30)24-14-18-7-4-5-8-21(18)27-23-12-10-19-13-17(2)9-11-22(19)28(23)32-29(24)27/h4-5,7-16H,3,6H2,1-2H3/i3D2,6D2. The van der Waals surface area contributed by atoms with E-state index in [0.29, 0.717) is 5.69 Å². The van der Waals surface area contributed by atoms with E-state index in [1.807, 2.05) is 24.3 Å².